The van der Waals surface area contributed by atoms with Crippen molar-refractivity contribution < 1.29 is 4.74 Å². The Bertz CT molecular complexity index is 901. The largest absolute Gasteiger partial charge is 0.495 e. The van der Waals surface area contributed by atoms with Crippen molar-refractivity contribution in [1.82, 2.24) is 9.97 Å². The topological polar surface area (TPSA) is 59.1 Å². The summed E-state index contributed by atoms with van der Waals surface area (Å²) in [6.45, 7) is 2.56. The number of benzene rings is 2. The van der Waals surface area contributed by atoms with Crippen LogP contribution in [0.2, 0.25) is 10.0 Å². The van der Waals surface area contributed by atoms with E-state index in [1.807, 2.05) is 43.3 Å². The molecule has 0 aliphatic heterocycles. The molecule has 0 aliphatic rings. The lowest BCUT2D eigenvalue weighted by atomic mass is 10.2. The van der Waals surface area contributed by atoms with Crippen LogP contribution < -0.4 is 15.4 Å². The highest BCUT2D eigenvalue weighted by molar-refractivity contribution is 6.31. The summed E-state index contributed by atoms with van der Waals surface area (Å²) in [5, 5.41) is 7.81. The van der Waals surface area contributed by atoms with Crippen LogP contribution in [-0.2, 0) is 6.54 Å². The highest BCUT2D eigenvalue weighted by Crippen LogP contribution is 2.32. The lowest BCUT2D eigenvalue weighted by Crippen LogP contribution is -2.05. The molecular formula is C19H18Cl2N4O. The number of rotatable bonds is 6. The highest BCUT2D eigenvalue weighted by Gasteiger charge is 2.09. The van der Waals surface area contributed by atoms with Crippen LogP contribution in [0.15, 0.2) is 48.7 Å². The predicted molar refractivity (Wildman–Crippen MR) is 107 cm³/mol. The Morgan fingerprint density at radius 3 is 2.58 bits per heavy atom. The van der Waals surface area contributed by atoms with Gasteiger partial charge in [0.1, 0.15) is 11.6 Å². The summed E-state index contributed by atoms with van der Waals surface area (Å²) in [4.78, 5) is 8.74. The molecule has 0 saturated heterocycles. The van der Waals surface area contributed by atoms with Gasteiger partial charge in [-0.15, -0.1) is 0 Å². The van der Waals surface area contributed by atoms with E-state index in [1.165, 1.54) is 0 Å². The molecule has 0 amide bonds. The maximum Gasteiger partial charge on any atom is 0.229 e. The minimum atomic E-state index is 0.464. The molecule has 0 atom stereocenters. The molecule has 0 bridgehead atoms. The van der Waals surface area contributed by atoms with Gasteiger partial charge in [-0.1, -0.05) is 35.3 Å². The molecule has 7 heteroatoms. The van der Waals surface area contributed by atoms with Crippen LogP contribution in [0.1, 0.15) is 11.1 Å². The fourth-order valence-corrected chi connectivity index (χ4v) is 2.64. The van der Waals surface area contributed by atoms with E-state index in [2.05, 4.69) is 20.6 Å². The van der Waals surface area contributed by atoms with Crippen LogP contribution >= 0.6 is 23.2 Å². The van der Waals surface area contributed by atoms with E-state index in [9.17, 15) is 0 Å². The Morgan fingerprint density at radius 1 is 1.08 bits per heavy atom. The lowest BCUT2D eigenvalue weighted by molar-refractivity contribution is 0.416. The number of halogens is 2. The summed E-state index contributed by atoms with van der Waals surface area (Å²) in [6.07, 6.45) is 1.69. The van der Waals surface area contributed by atoms with Crippen molar-refractivity contribution in [3.63, 3.8) is 0 Å². The van der Waals surface area contributed by atoms with Crippen LogP contribution in [0.5, 0.6) is 5.75 Å². The van der Waals surface area contributed by atoms with Crippen LogP contribution in [-0.4, -0.2) is 17.1 Å². The summed E-state index contributed by atoms with van der Waals surface area (Å²) in [5.41, 5.74) is 2.80. The van der Waals surface area contributed by atoms with Crippen molar-refractivity contribution in [2.24, 2.45) is 0 Å². The first kappa shape index (κ1) is 18.3. The second-order valence-electron chi connectivity index (χ2n) is 5.67. The monoisotopic (exact) mass is 388 g/mol. The number of anilines is 3. The standard InChI is InChI=1S/C19H18Cl2N4O/c1-12-9-16(17(26-2)10-15(12)21)24-19-22-8-7-18(25-19)23-11-13-3-5-14(20)6-4-13/h3-10H,11H2,1-2H3,(H2,22,23,24,25). The van der Waals surface area contributed by atoms with E-state index >= 15 is 0 Å². The van der Waals surface area contributed by atoms with Gasteiger partial charge in [0.05, 0.1) is 12.8 Å². The molecule has 134 valence electrons. The molecule has 0 spiro atoms. The van der Waals surface area contributed by atoms with Gasteiger partial charge in [-0.25, -0.2) is 4.98 Å². The van der Waals surface area contributed by atoms with Crippen LogP contribution in [0.3, 0.4) is 0 Å². The summed E-state index contributed by atoms with van der Waals surface area (Å²) in [7, 11) is 1.59. The fraction of sp³-hybridized carbons (Fsp3) is 0.158. The average Bonchev–Trinajstić information content (AvgIpc) is 2.64. The van der Waals surface area contributed by atoms with Gasteiger partial charge in [0.25, 0.3) is 0 Å². The van der Waals surface area contributed by atoms with Crippen molar-refractivity contribution in [1.29, 1.82) is 0 Å². The first-order valence-electron chi connectivity index (χ1n) is 7.97. The van der Waals surface area contributed by atoms with E-state index in [4.69, 9.17) is 27.9 Å². The molecule has 3 aromatic rings. The number of nitrogens with zero attached hydrogens (tertiary/aromatic N) is 2. The minimum absolute atomic E-state index is 0.464. The molecule has 0 unspecified atom stereocenters. The lowest BCUT2D eigenvalue weighted by Gasteiger charge is -2.13. The van der Waals surface area contributed by atoms with E-state index in [1.54, 1.807) is 19.4 Å². The van der Waals surface area contributed by atoms with Crippen molar-refractivity contribution in [2.45, 2.75) is 13.5 Å². The first-order chi connectivity index (χ1) is 12.5. The molecule has 1 heterocycles. The second kappa shape index (κ2) is 8.25. The van der Waals surface area contributed by atoms with Crippen molar-refractivity contribution >= 4 is 40.7 Å². The van der Waals surface area contributed by atoms with Gasteiger partial charge in [0, 0.05) is 28.9 Å². The smallest absolute Gasteiger partial charge is 0.229 e. The number of aryl methyl sites for hydroxylation is 1. The maximum atomic E-state index is 6.14. The second-order valence-corrected chi connectivity index (χ2v) is 6.52. The maximum absolute atomic E-state index is 6.14. The predicted octanol–water partition coefficient (Wildman–Crippen LogP) is 5.46. The van der Waals surface area contributed by atoms with Gasteiger partial charge in [0.2, 0.25) is 5.95 Å². The number of ether oxygens (including phenoxy) is 1. The quantitative estimate of drug-likeness (QED) is 0.587. The third-order valence-corrected chi connectivity index (χ3v) is 4.43. The Kier molecular flexibility index (Phi) is 5.81. The summed E-state index contributed by atoms with van der Waals surface area (Å²) in [5.74, 6) is 1.80. The molecule has 3 rings (SSSR count). The molecule has 0 fully saturated rings. The third kappa shape index (κ3) is 4.56. The zero-order chi connectivity index (χ0) is 18.5. The van der Waals surface area contributed by atoms with Gasteiger partial charge in [-0.3, -0.25) is 0 Å². The minimum Gasteiger partial charge on any atom is -0.495 e. The normalized spacial score (nSPS) is 10.5. The van der Waals surface area contributed by atoms with Gasteiger partial charge >= 0.3 is 0 Å². The molecule has 1 aromatic heterocycles. The van der Waals surface area contributed by atoms with Crippen LogP contribution in [0.4, 0.5) is 17.5 Å². The van der Waals surface area contributed by atoms with E-state index in [-0.39, 0.29) is 0 Å². The number of hydrogen-bond donors (Lipinski definition) is 2. The molecule has 2 aromatic carbocycles. The number of hydrogen-bond acceptors (Lipinski definition) is 5. The van der Waals surface area contributed by atoms with Crippen molar-refractivity contribution in [3.05, 3.63) is 69.8 Å². The zero-order valence-corrected chi connectivity index (χ0v) is 15.9. The molecule has 0 saturated carbocycles. The summed E-state index contributed by atoms with van der Waals surface area (Å²) in [6, 6.07) is 13.1. The van der Waals surface area contributed by atoms with Gasteiger partial charge in [-0.2, -0.15) is 4.98 Å². The van der Waals surface area contributed by atoms with Crippen molar-refractivity contribution in [2.75, 3.05) is 17.7 Å². The Balaban J connectivity index is 1.73. The van der Waals surface area contributed by atoms with Crippen molar-refractivity contribution in [3.8, 4) is 5.75 Å². The Morgan fingerprint density at radius 2 is 1.85 bits per heavy atom. The number of aromatic nitrogens is 2. The summed E-state index contributed by atoms with van der Waals surface area (Å²) < 4.78 is 5.37. The number of methoxy groups -OCH3 is 1. The Labute approximate surface area is 162 Å². The molecule has 0 radical (unpaired) electrons. The third-order valence-electron chi connectivity index (χ3n) is 3.77. The van der Waals surface area contributed by atoms with E-state index in [0.717, 1.165) is 21.8 Å². The Hall–Kier alpha value is -2.50. The molecular weight excluding hydrogens is 371 g/mol. The van der Waals surface area contributed by atoms with Crippen LogP contribution in [0, 0.1) is 6.92 Å². The van der Waals surface area contributed by atoms with Gasteiger partial charge in [-0.05, 0) is 42.3 Å². The molecule has 26 heavy (non-hydrogen) atoms. The first-order valence-corrected chi connectivity index (χ1v) is 8.73. The summed E-state index contributed by atoms with van der Waals surface area (Å²) >= 11 is 12.0. The zero-order valence-electron chi connectivity index (χ0n) is 14.4. The molecule has 0 aliphatic carbocycles. The average molecular weight is 389 g/mol. The van der Waals surface area contributed by atoms with Gasteiger partial charge < -0.3 is 15.4 Å². The fourth-order valence-electron chi connectivity index (χ4n) is 2.36. The van der Waals surface area contributed by atoms with E-state index < -0.39 is 0 Å². The van der Waals surface area contributed by atoms with Gasteiger partial charge in [0.15, 0.2) is 0 Å². The molecule has 2 N–H and O–H groups in total. The van der Waals surface area contributed by atoms with Crippen LogP contribution in [0.25, 0.3) is 0 Å². The highest BCUT2D eigenvalue weighted by atomic mass is 35.5. The molecule has 5 nitrogen and oxygen atoms in total. The SMILES string of the molecule is COc1cc(Cl)c(C)cc1Nc1nccc(NCc2ccc(Cl)cc2)n1. The van der Waals surface area contributed by atoms with E-state index in [0.29, 0.717) is 29.1 Å². The number of nitrogens with one attached hydrogen (secondary N) is 2.